The Morgan fingerprint density at radius 1 is 1.30 bits per heavy atom. The Labute approximate surface area is 204 Å². The van der Waals surface area contributed by atoms with Crippen molar-refractivity contribution in [2.45, 2.75) is 66.6 Å². The number of hydrogen-bond acceptors (Lipinski definition) is 6. The Kier molecular flexibility index (Phi) is 7.69. The van der Waals surface area contributed by atoms with Gasteiger partial charge in [-0.3, -0.25) is 9.59 Å². The minimum absolute atomic E-state index is 0.0320. The van der Waals surface area contributed by atoms with E-state index in [-0.39, 0.29) is 28.2 Å². The van der Waals surface area contributed by atoms with Crippen LogP contribution in [0.4, 0.5) is 5.69 Å². The molecular formula is C23H32Cl2N6O2. The SMILES string of the molecule is CC(NC(=O)Cn1ncc(N[C@@H]2C[C@H](C)C(C)(C)[C@H](C)[C@H]2C)c(Cl)c1=O)c1ccnnc1Cl. The largest absolute Gasteiger partial charge is 0.379 e. The lowest BCUT2D eigenvalue weighted by Gasteiger charge is -2.50. The van der Waals surface area contributed by atoms with Crippen molar-refractivity contribution in [1.82, 2.24) is 25.3 Å². The number of carbonyl (C=O) groups is 1. The first kappa shape index (κ1) is 25.4. The summed E-state index contributed by atoms with van der Waals surface area (Å²) in [4.78, 5) is 25.3. The van der Waals surface area contributed by atoms with Crippen LogP contribution in [0, 0.1) is 23.2 Å². The van der Waals surface area contributed by atoms with E-state index in [1.165, 1.54) is 12.4 Å². The molecule has 1 aliphatic rings. The molecule has 2 aromatic heterocycles. The Balaban J connectivity index is 1.70. The summed E-state index contributed by atoms with van der Waals surface area (Å²) in [5, 5.41) is 18.1. The second-order valence-corrected chi connectivity index (χ2v) is 10.5. The number of hydrogen-bond donors (Lipinski definition) is 2. The smallest absolute Gasteiger partial charge is 0.288 e. The predicted octanol–water partition coefficient (Wildman–Crippen LogP) is 4.34. The summed E-state index contributed by atoms with van der Waals surface area (Å²) >= 11 is 12.4. The van der Waals surface area contributed by atoms with Gasteiger partial charge in [-0.25, -0.2) is 4.68 Å². The van der Waals surface area contributed by atoms with Crippen molar-refractivity contribution in [1.29, 1.82) is 0 Å². The first-order valence-electron chi connectivity index (χ1n) is 11.2. The average Bonchev–Trinajstić information content (AvgIpc) is 2.76. The number of carbonyl (C=O) groups excluding carboxylic acids is 1. The number of halogens is 2. The summed E-state index contributed by atoms with van der Waals surface area (Å²) in [5.41, 5.74) is 0.853. The third kappa shape index (κ3) is 5.32. The van der Waals surface area contributed by atoms with Gasteiger partial charge in [0.05, 0.1) is 24.1 Å². The minimum Gasteiger partial charge on any atom is -0.379 e. The van der Waals surface area contributed by atoms with Crippen molar-refractivity contribution in [3.63, 3.8) is 0 Å². The highest BCUT2D eigenvalue weighted by molar-refractivity contribution is 6.33. The van der Waals surface area contributed by atoms with Gasteiger partial charge in [-0.1, -0.05) is 57.8 Å². The second kappa shape index (κ2) is 9.97. The molecule has 0 saturated heterocycles. The average molecular weight is 495 g/mol. The molecule has 2 aromatic rings. The van der Waals surface area contributed by atoms with Crippen molar-refractivity contribution >= 4 is 34.8 Å². The maximum Gasteiger partial charge on any atom is 0.288 e. The van der Waals surface area contributed by atoms with Gasteiger partial charge in [0.2, 0.25) is 5.91 Å². The van der Waals surface area contributed by atoms with E-state index in [9.17, 15) is 9.59 Å². The lowest BCUT2D eigenvalue weighted by Crippen LogP contribution is -2.48. The van der Waals surface area contributed by atoms with Gasteiger partial charge in [-0.05, 0) is 42.6 Å². The van der Waals surface area contributed by atoms with Gasteiger partial charge in [0.25, 0.3) is 5.56 Å². The number of anilines is 1. The molecule has 0 bridgehead atoms. The van der Waals surface area contributed by atoms with Gasteiger partial charge < -0.3 is 10.6 Å². The molecule has 2 heterocycles. The van der Waals surface area contributed by atoms with E-state index in [1.54, 1.807) is 13.0 Å². The molecule has 0 radical (unpaired) electrons. The second-order valence-electron chi connectivity index (χ2n) is 9.76. The maximum absolute atomic E-state index is 12.8. The van der Waals surface area contributed by atoms with E-state index in [0.717, 1.165) is 11.1 Å². The summed E-state index contributed by atoms with van der Waals surface area (Å²) in [5.74, 6) is 1.02. The third-order valence-corrected chi connectivity index (χ3v) is 8.30. The summed E-state index contributed by atoms with van der Waals surface area (Å²) < 4.78 is 1.06. The highest BCUT2D eigenvalue weighted by Gasteiger charge is 2.43. The van der Waals surface area contributed by atoms with Crippen LogP contribution in [-0.2, 0) is 11.3 Å². The normalized spacial score (nSPS) is 25.3. The lowest BCUT2D eigenvalue weighted by atomic mass is 9.58. The van der Waals surface area contributed by atoms with Crippen LogP contribution >= 0.6 is 23.2 Å². The Morgan fingerprint density at radius 2 is 2.00 bits per heavy atom. The summed E-state index contributed by atoms with van der Waals surface area (Å²) in [6.45, 7) is 12.9. The molecule has 0 spiro atoms. The fraction of sp³-hybridized carbons (Fsp3) is 0.609. The van der Waals surface area contributed by atoms with E-state index in [2.05, 4.69) is 60.5 Å². The first-order valence-corrected chi connectivity index (χ1v) is 12.0. The Morgan fingerprint density at radius 3 is 2.67 bits per heavy atom. The van der Waals surface area contributed by atoms with Gasteiger partial charge in [-0.2, -0.15) is 10.2 Å². The fourth-order valence-electron chi connectivity index (χ4n) is 4.59. The third-order valence-electron chi connectivity index (χ3n) is 7.64. The van der Waals surface area contributed by atoms with E-state index >= 15 is 0 Å². The summed E-state index contributed by atoms with van der Waals surface area (Å²) in [6.07, 6.45) is 3.99. The molecule has 1 unspecified atom stereocenters. The highest BCUT2D eigenvalue weighted by atomic mass is 35.5. The van der Waals surface area contributed by atoms with E-state index in [1.807, 2.05) is 0 Å². The fourth-order valence-corrected chi connectivity index (χ4v) is 5.06. The van der Waals surface area contributed by atoms with Crippen LogP contribution in [0.15, 0.2) is 23.3 Å². The molecule has 5 atom stereocenters. The Hall–Kier alpha value is -2.19. The zero-order chi connectivity index (χ0) is 24.5. The molecule has 2 N–H and O–H groups in total. The molecule has 10 heteroatoms. The number of amides is 1. The van der Waals surface area contributed by atoms with Crippen LogP contribution in [0.2, 0.25) is 10.2 Å². The van der Waals surface area contributed by atoms with Crippen molar-refractivity contribution in [3.05, 3.63) is 44.6 Å². The van der Waals surface area contributed by atoms with E-state index in [4.69, 9.17) is 23.2 Å². The van der Waals surface area contributed by atoms with Crippen LogP contribution in [-0.4, -0.2) is 31.9 Å². The van der Waals surface area contributed by atoms with Crippen LogP contribution in [0.25, 0.3) is 0 Å². The Bertz CT molecular complexity index is 1070. The molecule has 1 saturated carbocycles. The molecule has 180 valence electrons. The molecule has 1 aliphatic carbocycles. The topological polar surface area (TPSA) is 102 Å². The van der Waals surface area contributed by atoms with Gasteiger partial charge in [-0.15, -0.1) is 5.10 Å². The number of rotatable bonds is 6. The molecule has 0 aromatic carbocycles. The zero-order valence-corrected chi connectivity index (χ0v) is 21.4. The number of nitrogens with zero attached hydrogens (tertiary/aromatic N) is 4. The van der Waals surface area contributed by atoms with Crippen molar-refractivity contribution in [3.8, 4) is 0 Å². The standard InChI is InChI=1S/C23H32Cl2N6O2/c1-12-9-17(13(2)14(3)23(12,5)6)29-18-10-27-31(22(33)20(18)24)11-19(32)28-15(4)16-7-8-26-30-21(16)25/h7-8,10,12-15,17,29H,9,11H2,1-6H3,(H,28,32)/t12-,13+,14+,15?,17+/m0/s1. The monoisotopic (exact) mass is 494 g/mol. The van der Waals surface area contributed by atoms with Crippen LogP contribution in [0.5, 0.6) is 0 Å². The van der Waals surface area contributed by atoms with Crippen molar-refractivity contribution in [2.75, 3.05) is 5.32 Å². The molecule has 1 fully saturated rings. The van der Waals surface area contributed by atoms with Gasteiger partial charge >= 0.3 is 0 Å². The maximum atomic E-state index is 12.8. The van der Waals surface area contributed by atoms with Gasteiger partial charge in [0, 0.05) is 11.6 Å². The predicted molar refractivity (Wildman–Crippen MR) is 130 cm³/mol. The van der Waals surface area contributed by atoms with Gasteiger partial charge in [0.15, 0.2) is 5.15 Å². The lowest BCUT2D eigenvalue weighted by molar-refractivity contribution is -0.122. The van der Waals surface area contributed by atoms with E-state index in [0.29, 0.717) is 29.0 Å². The first-order chi connectivity index (χ1) is 15.4. The van der Waals surface area contributed by atoms with Crippen LogP contribution in [0.3, 0.4) is 0 Å². The van der Waals surface area contributed by atoms with Crippen LogP contribution in [0.1, 0.15) is 59.6 Å². The van der Waals surface area contributed by atoms with Crippen molar-refractivity contribution < 1.29 is 4.79 Å². The van der Waals surface area contributed by atoms with E-state index < -0.39 is 17.5 Å². The number of nitrogens with one attached hydrogen (secondary N) is 2. The summed E-state index contributed by atoms with van der Waals surface area (Å²) in [7, 11) is 0. The van der Waals surface area contributed by atoms with Crippen LogP contribution < -0.4 is 16.2 Å². The molecule has 8 nitrogen and oxygen atoms in total. The van der Waals surface area contributed by atoms with Crippen molar-refractivity contribution in [2.24, 2.45) is 23.2 Å². The molecule has 1 amide bonds. The molecule has 3 rings (SSSR count). The zero-order valence-electron chi connectivity index (χ0n) is 19.9. The molecule has 33 heavy (non-hydrogen) atoms. The molecule has 0 aliphatic heterocycles. The summed E-state index contributed by atoms with van der Waals surface area (Å²) in [6, 6.07) is 1.45. The quantitative estimate of drug-likeness (QED) is 0.619. The minimum atomic E-state index is -0.516. The molecular weight excluding hydrogens is 463 g/mol. The van der Waals surface area contributed by atoms with Gasteiger partial charge in [0.1, 0.15) is 11.6 Å². The number of aromatic nitrogens is 4. The highest BCUT2D eigenvalue weighted by Crippen LogP contribution is 2.48.